The molecule has 1 aromatic heterocycles. The van der Waals surface area contributed by atoms with Gasteiger partial charge in [0.2, 0.25) is 0 Å². The maximum absolute atomic E-state index is 11.9. The number of hydrogen-bond acceptors (Lipinski definition) is 5. The van der Waals surface area contributed by atoms with Gasteiger partial charge in [-0.15, -0.1) is 16.2 Å². The molecule has 5 nitrogen and oxygen atoms in total. The number of carbonyl (C=O) groups is 1. The van der Waals surface area contributed by atoms with E-state index in [4.69, 9.17) is 4.74 Å². The van der Waals surface area contributed by atoms with Crippen molar-refractivity contribution in [2.24, 2.45) is 5.18 Å². The highest BCUT2D eigenvalue weighted by Gasteiger charge is 2.26. The van der Waals surface area contributed by atoms with Gasteiger partial charge >= 0.3 is 6.09 Å². The Morgan fingerprint density at radius 2 is 2.22 bits per heavy atom. The van der Waals surface area contributed by atoms with E-state index in [0.717, 1.165) is 16.9 Å². The monoisotopic (exact) mass is 268 g/mol. The van der Waals surface area contributed by atoms with Crippen LogP contribution in [0.1, 0.15) is 31.2 Å². The predicted octanol–water partition coefficient (Wildman–Crippen LogP) is 3.44. The van der Waals surface area contributed by atoms with Gasteiger partial charge in [-0.3, -0.25) is 0 Å². The number of amides is 1. The summed E-state index contributed by atoms with van der Waals surface area (Å²) in [5.74, 6) is 0. The summed E-state index contributed by atoms with van der Waals surface area (Å²) in [5, 5.41) is 3.42. The lowest BCUT2D eigenvalue weighted by Crippen LogP contribution is -2.39. The Bertz CT molecular complexity index is 476. The Balaban J connectivity index is 2.07. The smallest absolute Gasteiger partial charge is 0.410 e. The van der Waals surface area contributed by atoms with E-state index in [1.807, 2.05) is 20.8 Å². The molecule has 0 aromatic carbocycles. The second-order valence-corrected chi connectivity index (χ2v) is 6.39. The zero-order valence-electron chi connectivity index (χ0n) is 10.7. The Hall–Kier alpha value is -1.43. The topological polar surface area (TPSA) is 59.0 Å². The van der Waals surface area contributed by atoms with E-state index >= 15 is 0 Å². The minimum Gasteiger partial charge on any atom is -0.444 e. The van der Waals surface area contributed by atoms with Crippen LogP contribution < -0.4 is 0 Å². The summed E-state index contributed by atoms with van der Waals surface area (Å²) < 4.78 is 5.33. The minimum atomic E-state index is -0.485. The summed E-state index contributed by atoms with van der Waals surface area (Å²) in [6, 6.07) is 1.75. The summed E-state index contributed by atoms with van der Waals surface area (Å²) in [5.41, 5.74) is 0.522. The van der Waals surface area contributed by atoms with Gasteiger partial charge < -0.3 is 9.64 Å². The molecular formula is C12H16N2O3S. The van der Waals surface area contributed by atoms with Crippen molar-refractivity contribution in [1.29, 1.82) is 0 Å². The summed E-state index contributed by atoms with van der Waals surface area (Å²) in [4.78, 5) is 25.2. The molecule has 0 N–H and O–H groups in total. The molecule has 1 aliphatic rings. The molecule has 18 heavy (non-hydrogen) atoms. The molecule has 98 valence electrons. The van der Waals surface area contributed by atoms with Gasteiger partial charge in [0, 0.05) is 11.4 Å². The Morgan fingerprint density at radius 1 is 1.50 bits per heavy atom. The fourth-order valence-corrected chi connectivity index (χ4v) is 2.78. The fourth-order valence-electron chi connectivity index (χ4n) is 1.84. The Kier molecular flexibility index (Phi) is 3.38. The molecule has 0 atom stereocenters. The average Bonchev–Trinajstić information content (AvgIpc) is 2.68. The highest BCUT2D eigenvalue weighted by Crippen LogP contribution is 2.33. The molecule has 6 heteroatoms. The quantitative estimate of drug-likeness (QED) is 0.733. The van der Waals surface area contributed by atoms with Gasteiger partial charge in [0.1, 0.15) is 5.60 Å². The normalized spacial score (nSPS) is 15.2. The van der Waals surface area contributed by atoms with E-state index < -0.39 is 5.60 Å². The number of hydrogen-bond donors (Lipinski definition) is 0. The average molecular weight is 268 g/mol. The van der Waals surface area contributed by atoms with Crippen molar-refractivity contribution in [2.75, 3.05) is 6.54 Å². The number of thiophene rings is 1. The second-order valence-electron chi connectivity index (χ2n) is 5.28. The molecule has 2 rings (SSSR count). The van der Waals surface area contributed by atoms with Crippen molar-refractivity contribution in [3.8, 4) is 0 Å². The third-order valence-corrected chi connectivity index (χ3v) is 3.71. The van der Waals surface area contributed by atoms with E-state index in [9.17, 15) is 9.70 Å². The zero-order chi connectivity index (χ0) is 13.3. The molecule has 0 spiro atoms. The maximum atomic E-state index is 11.9. The molecule has 0 fully saturated rings. The van der Waals surface area contributed by atoms with E-state index in [1.165, 1.54) is 11.3 Å². The van der Waals surface area contributed by atoms with Crippen LogP contribution in [0.5, 0.6) is 0 Å². The van der Waals surface area contributed by atoms with Crippen molar-refractivity contribution in [2.45, 2.75) is 39.3 Å². The van der Waals surface area contributed by atoms with Crippen LogP contribution in [0.4, 0.5) is 9.80 Å². The first-order valence-corrected chi connectivity index (χ1v) is 6.63. The van der Waals surface area contributed by atoms with E-state index in [0.29, 0.717) is 18.1 Å². The first kappa shape index (κ1) is 13.0. The standard InChI is InChI=1S/C12H16N2O3S/c1-12(2,3)17-11(15)14-5-4-9-8(7-14)6-10(13-16)18-9/h6H,4-5,7H2,1-3H3. The first-order valence-electron chi connectivity index (χ1n) is 5.82. The molecular weight excluding hydrogens is 252 g/mol. The fraction of sp³-hybridized carbons (Fsp3) is 0.583. The maximum Gasteiger partial charge on any atom is 0.410 e. The van der Waals surface area contributed by atoms with Crippen LogP contribution in [0.2, 0.25) is 0 Å². The van der Waals surface area contributed by atoms with E-state index in [2.05, 4.69) is 5.18 Å². The van der Waals surface area contributed by atoms with Crippen LogP contribution in [0.3, 0.4) is 0 Å². The van der Waals surface area contributed by atoms with Crippen LogP contribution in [0.25, 0.3) is 0 Å². The summed E-state index contributed by atoms with van der Waals surface area (Å²) >= 11 is 1.40. The molecule has 1 amide bonds. The van der Waals surface area contributed by atoms with Crippen LogP contribution in [-0.4, -0.2) is 23.1 Å². The molecule has 0 saturated carbocycles. The van der Waals surface area contributed by atoms with Gasteiger partial charge in [-0.25, -0.2) is 4.79 Å². The number of rotatable bonds is 1. The highest BCUT2D eigenvalue weighted by molar-refractivity contribution is 7.15. The van der Waals surface area contributed by atoms with E-state index in [1.54, 1.807) is 11.0 Å². The zero-order valence-corrected chi connectivity index (χ0v) is 11.5. The molecule has 1 aromatic rings. The number of nitroso groups, excluding NO2 is 1. The Morgan fingerprint density at radius 3 is 2.83 bits per heavy atom. The largest absolute Gasteiger partial charge is 0.444 e. The number of nitrogens with zero attached hydrogens (tertiary/aromatic N) is 2. The second kappa shape index (κ2) is 4.68. The van der Waals surface area contributed by atoms with Crippen LogP contribution in [0, 0.1) is 4.91 Å². The van der Waals surface area contributed by atoms with Gasteiger partial charge in [-0.2, -0.15) is 0 Å². The van der Waals surface area contributed by atoms with Crippen molar-refractivity contribution < 1.29 is 9.53 Å². The lowest BCUT2D eigenvalue weighted by atomic mass is 10.1. The van der Waals surface area contributed by atoms with Gasteiger partial charge in [-0.05, 0) is 44.0 Å². The third-order valence-electron chi connectivity index (χ3n) is 2.60. The lowest BCUT2D eigenvalue weighted by Gasteiger charge is -2.29. The highest BCUT2D eigenvalue weighted by atomic mass is 32.1. The van der Waals surface area contributed by atoms with Crippen molar-refractivity contribution in [3.05, 3.63) is 21.4 Å². The molecule has 0 bridgehead atoms. The van der Waals surface area contributed by atoms with E-state index in [-0.39, 0.29) is 6.09 Å². The molecule has 0 unspecified atom stereocenters. The predicted molar refractivity (Wildman–Crippen MR) is 70.1 cm³/mol. The molecule has 0 saturated heterocycles. The van der Waals surface area contributed by atoms with Gasteiger partial charge in [0.05, 0.1) is 6.54 Å². The third kappa shape index (κ3) is 2.87. The molecule has 0 aliphatic carbocycles. The van der Waals surface area contributed by atoms with Gasteiger partial charge in [0.25, 0.3) is 0 Å². The first-order chi connectivity index (χ1) is 8.39. The minimum absolute atomic E-state index is 0.306. The molecule has 1 aliphatic heterocycles. The van der Waals surface area contributed by atoms with Gasteiger partial charge in [0.15, 0.2) is 5.00 Å². The van der Waals surface area contributed by atoms with Crippen molar-refractivity contribution in [1.82, 2.24) is 4.90 Å². The van der Waals surface area contributed by atoms with Gasteiger partial charge in [-0.1, -0.05) is 0 Å². The summed E-state index contributed by atoms with van der Waals surface area (Å²) in [6.45, 7) is 6.66. The van der Waals surface area contributed by atoms with Crippen molar-refractivity contribution in [3.63, 3.8) is 0 Å². The number of ether oxygens (including phenoxy) is 1. The molecule has 2 heterocycles. The number of carbonyl (C=O) groups excluding carboxylic acids is 1. The van der Waals surface area contributed by atoms with Crippen LogP contribution in [-0.2, 0) is 17.7 Å². The Labute approximate surface area is 110 Å². The summed E-state index contributed by atoms with van der Waals surface area (Å²) in [6.07, 6.45) is 0.453. The van der Waals surface area contributed by atoms with Crippen molar-refractivity contribution >= 4 is 22.4 Å². The SMILES string of the molecule is CC(C)(C)OC(=O)N1CCc2sc(N=O)cc2C1. The molecule has 0 radical (unpaired) electrons. The summed E-state index contributed by atoms with van der Waals surface area (Å²) in [7, 11) is 0. The number of fused-ring (bicyclic) bond motifs is 1. The van der Waals surface area contributed by atoms with Crippen LogP contribution >= 0.6 is 11.3 Å². The lowest BCUT2D eigenvalue weighted by molar-refractivity contribution is 0.0225. The van der Waals surface area contributed by atoms with Crippen LogP contribution in [0.15, 0.2) is 11.2 Å².